The minimum atomic E-state index is -0.607. The van der Waals surface area contributed by atoms with Gasteiger partial charge in [0.15, 0.2) is 0 Å². The lowest BCUT2D eigenvalue weighted by Gasteiger charge is -2.33. The standard InChI is InChI=1S/C19H25N3O5/c1-3-27-18(23)16-15(12-22-7-9-26-10-8-22)20-19(24)21-17(16)13-5-4-6-14(11-13)25-2/h4-6,11,17H,3,7-10,12H2,1-2H3,(H2,20,21,24)/t17-/m1/s1. The summed E-state index contributed by atoms with van der Waals surface area (Å²) >= 11 is 0. The Morgan fingerprint density at radius 2 is 2.11 bits per heavy atom. The van der Waals surface area contributed by atoms with E-state index < -0.39 is 12.0 Å². The molecule has 8 heteroatoms. The van der Waals surface area contributed by atoms with Gasteiger partial charge in [0, 0.05) is 25.3 Å². The van der Waals surface area contributed by atoms with Crippen LogP contribution >= 0.6 is 0 Å². The topological polar surface area (TPSA) is 89.1 Å². The molecule has 8 nitrogen and oxygen atoms in total. The van der Waals surface area contributed by atoms with E-state index in [9.17, 15) is 9.59 Å². The summed E-state index contributed by atoms with van der Waals surface area (Å²) < 4.78 is 15.9. The van der Waals surface area contributed by atoms with E-state index in [0.29, 0.717) is 36.8 Å². The Kier molecular flexibility index (Phi) is 6.31. The van der Waals surface area contributed by atoms with Gasteiger partial charge in [0.05, 0.1) is 38.5 Å². The van der Waals surface area contributed by atoms with Crippen LogP contribution in [0.4, 0.5) is 4.79 Å². The lowest BCUT2D eigenvalue weighted by atomic mass is 9.94. The van der Waals surface area contributed by atoms with E-state index in [1.54, 1.807) is 14.0 Å². The molecule has 0 aliphatic carbocycles. The Labute approximate surface area is 158 Å². The number of hydrogen-bond acceptors (Lipinski definition) is 6. The van der Waals surface area contributed by atoms with Crippen molar-refractivity contribution in [2.75, 3.05) is 46.6 Å². The number of nitrogens with one attached hydrogen (secondary N) is 2. The Balaban J connectivity index is 1.98. The molecule has 0 saturated carbocycles. The Morgan fingerprint density at radius 3 is 2.81 bits per heavy atom. The zero-order valence-electron chi connectivity index (χ0n) is 15.6. The highest BCUT2D eigenvalue weighted by Crippen LogP contribution is 2.30. The molecule has 3 rings (SSSR count). The van der Waals surface area contributed by atoms with Crippen LogP contribution in [0, 0.1) is 0 Å². The van der Waals surface area contributed by atoms with Crippen LogP contribution in [0.1, 0.15) is 18.5 Å². The second-order valence-electron chi connectivity index (χ2n) is 6.31. The van der Waals surface area contributed by atoms with E-state index in [-0.39, 0.29) is 12.6 Å². The first-order valence-corrected chi connectivity index (χ1v) is 9.04. The molecule has 2 heterocycles. The number of amides is 2. The van der Waals surface area contributed by atoms with Crippen LogP contribution < -0.4 is 15.4 Å². The molecule has 2 amide bonds. The number of rotatable bonds is 6. The van der Waals surface area contributed by atoms with E-state index in [1.165, 1.54) is 0 Å². The molecule has 2 N–H and O–H groups in total. The molecular formula is C19H25N3O5. The summed E-state index contributed by atoms with van der Waals surface area (Å²) in [5, 5.41) is 5.63. The van der Waals surface area contributed by atoms with Crippen LogP contribution in [0.5, 0.6) is 5.75 Å². The fourth-order valence-corrected chi connectivity index (χ4v) is 3.25. The predicted octanol–water partition coefficient (Wildman–Crippen LogP) is 1.20. The number of morpholine rings is 1. The number of urea groups is 1. The highest BCUT2D eigenvalue weighted by Gasteiger charge is 2.34. The minimum absolute atomic E-state index is 0.256. The average molecular weight is 375 g/mol. The van der Waals surface area contributed by atoms with Crippen molar-refractivity contribution in [2.45, 2.75) is 13.0 Å². The Morgan fingerprint density at radius 1 is 1.33 bits per heavy atom. The third-order valence-corrected chi connectivity index (χ3v) is 4.56. The van der Waals surface area contributed by atoms with Gasteiger partial charge in [0.2, 0.25) is 0 Å². The predicted molar refractivity (Wildman–Crippen MR) is 98.3 cm³/mol. The smallest absolute Gasteiger partial charge is 0.338 e. The summed E-state index contributed by atoms with van der Waals surface area (Å²) in [4.78, 5) is 27.2. The first kappa shape index (κ1) is 19.2. The summed E-state index contributed by atoms with van der Waals surface area (Å²) in [7, 11) is 1.58. The SMILES string of the molecule is CCOC(=O)C1=C(CN2CCOCC2)NC(=O)N[C@@H]1c1cccc(OC)c1. The van der Waals surface area contributed by atoms with Gasteiger partial charge in [0.1, 0.15) is 5.75 Å². The van der Waals surface area contributed by atoms with Crippen LogP contribution in [0.3, 0.4) is 0 Å². The fourth-order valence-electron chi connectivity index (χ4n) is 3.25. The zero-order valence-corrected chi connectivity index (χ0v) is 15.6. The quantitative estimate of drug-likeness (QED) is 0.727. The number of methoxy groups -OCH3 is 1. The largest absolute Gasteiger partial charge is 0.497 e. The van der Waals surface area contributed by atoms with Crippen molar-refractivity contribution in [1.29, 1.82) is 0 Å². The van der Waals surface area contributed by atoms with Gasteiger partial charge in [-0.1, -0.05) is 12.1 Å². The first-order chi connectivity index (χ1) is 13.1. The Hall–Kier alpha value is -2.58. The summed E-state index contributed by atoms with van der Waals surface area (Å²) in [6.45, 7) is 5.22. The first-order valence-electron chi connectivity index (χ1n) is 9.04. The molecule has 0 radical (unpaired) electrons. The van der Waals surface area contributed by atoms with E-state index in [4.69, 9.17) is 14.2 Å². The van der Waals surface area contributed by atoms with Crippen molar-refractivity contribution < 1.29 is 23.8 Å². The van der Waals surface area contributed by atoms with Crippen LogP contribution in [-0.2, 0) is 14.3 Å². The summed E-state index contributed by atoms with van der Waals surface area (Å²) in [5.41, 5.74) is 1.73. The summed E-state index contributed by atoms with van der Waals surface area (Å²) in [6.07, 6.45) is 0. The minimum Gasteiger partial charge on any atom is -0.497 e. The lowest BCUT2D eigenvalue weighted by molar-refractivity contribution is -0.139. The van der Waals surface area contributed by atoms with Crippen LogP contribution in [0.25, 0.3) is 0 Å². The number of benzene rings is 1. The molecule has 0 spiro atoms. The van der Waals surface area contributed by atoms with Crippen molar-refractivity contribution in [2.24, 2.45) is 0 Å². The van der Waals surface area contributed by atoms with E-state index in [0.717, 1.165) is 18.7 Å². The molecule has 0 unspecified atom stereocenters. The highest BCUT2D eigenvalue weighted by atomic mass is 16.5. The van der Waals surface area contributed by atoms with Crippen LogP contribution in [0.2, 0.25) is 0 Å². The van der Waals surface area contributed by atoms with Crippen molar-refractivity contribution in [3.05, 3.63) is 41.1 Å². The molecule has 0 bridgehead atoms. The van der Waals surface area contributed by atoms with Crippen LogP contribution in [0.15, 0.2) is 35.5 Å². The number of ether oxygens (including phenoxy) is 3. The van der Waals surface area contributed by atoms with Gasteiger partial charge in [-0.3, -0.25) is 4.90 Å². The number of carbonyl (C=O) groups excluding carboxylic acids is 2. The molecule has 1 aromatic rings. The molecule has 27 heavy (non-hydrogen) atoms. The molecule has 0 aromatic heterocycles. The van der Waals surface area contributed by atoms with Gasteiger partial charge in [-0.2, -0.15) is 0 Å². The Bertz CT molecular complexity index is 728. The molecular weight excluding hydrogens is 350 g/mol. The van der Waals surface area contributed by atoms with Gasteiger partial charge in [-0.25, -0.2) is 9.59 Å². The van der Waals surface area contributed by atoms with Crippen molar-refractivity contribution in [3.8, 4) is 5.75 Å². The monoisotopic (exact) mass is 375 g/mol. The van der Waals surface area contributed by atoms with Gasteiger partial charge in [-0.15, -0.1) is 0 Å². The molecule has 1 saturated heterocycles. The van der Waals surface area contributed by atoms with Crippen molar-refractivity contribution >= 4 is 12.0 Å². The average Bonchev–Trinajstić information content (AvgIpc) is 2.68. The zero-order chi connectivity index (χ0) is 19.2. The third kappa shape index (κ3) is 4.58. The van der Waals surface area contributed by atoms with E-state index in [2.05, 4.69) is 15.5 Å². The van der Waals surface area contributed by atoms with Crippen molar-refractivity contribution in [3.63, 3.8) is 0 Å². The second kappa shape index (κ2) is 8.88. The number of esters is 1. The van der Waals surface area contributed by atoms with E-state index in [1.807, 2.05) is 24.3 Å². The maximum atomic E-state index is 12.7. The number of hydrogen-bond donors (Lipinski definition) is 2. The molecule has 1 atom stereocenters. The summed E-state index contributed by atoms with van der Waals surface area (Å²) in [6, 6.07) is 6.34. The van der Waals surface area contributed by atoms with Gasteiger partial charge in [0.25, 0.3) is 0 Å². The van der Waals surface area contributed by atoms with Crippen molar-refractivity contribution in [1.82, 2.24) is 15.5 Å². The molecule has 2 aliphatic rings. The molecule has 1 aromatic carbocycles. The molecule has 1 fully saturated rings. The fraction of sp³-hybridized carbons (Fsp3) is 0.474. The van der Waals surface area contributed by atoms with Gasteiger partial charge >= 0.3 is 12.0 Å². The number of nitrogens with zero attached hydrogens (tertiary/aromatic N) is 1. The maximum absolute atomic E-state index is 12.7. The van der Waals surface area contributed by atoms with Gasteiger partial charge in [-0.05, 0) is 24.6 Å². The third-order valence-electron chi connectivity index (χ3n) is 4.56. The highest BCUT2D eigenvalue weighted by molar-refractivity contribution is 5.95. The van der Waals surface area contributed by atoms with E-state index >= 15 is 0 Å². The van der Waals surface area contributed by atoms with Crippen LogP contribution in [-0.4, -0.2) is 63.5 Å². The molecule has 2 aliphatic heterocycles. The number of carbonyl (C=O) groups is 2. The maximum Gasteiger partial charge on any atom is 0.338 e. The second-order valence-corrected chi connectivity index (χ2v) is 6.31. The lowest BCUT2D eigenvalue weighted by Crippen LogP contribution is -2.49. The molecule has 146 valence electrons. The van der Waals surface area contributed by atoms with Gasteiger partial charge < -0.3 is 24.8 Å². The normalized spacial score (nSPS) is 20.7. The summed E-state index contributed by atoms with van der Waals surface area (Å²) in [5.74, 6) is 0.208.